The summed E-state index contributed by atoms with van der Waals surface area (Å²) in [5.41, 5.74) is 0.958. The normalized spacial score (nSPS) is 16.9. The Balaban J connectivity index is 2.24. The molecule has 0 aromatic heterocycles. The summed E-state index contributed by atoms with van der Waals surface area (Å²) in [5, 5.41) is 8.95. The van der Waals surface area contributed by atoms with E-state index >= 15 is 0 Å². The Labute approximate surface area is 93.8 Å². The van der Waals surface area contributed by atoms with E-state index in [-0.39, 0.29) is 12.7 Å². The summed E-state index contributed by atoms with van der Waals surface area (Å²) in [6.45, 7) is 3.84. The van der Waals surface area contributed by atoms with Crippen molar-refractivity contribution in [3.63, 3.8) is 0 Å². The summed E-state index contributed by atoms with van der Waals surface area (Å²) in [6, 6.07) is 5.56. The predicted molar refractivity (Wildman–Crippen MR) is 57.8 cm³/mol. The molecular formula is C12H14O4. The van der Waals surface area contributed by atoms with Gasteiger partial charge in [-0.3, -0.25) is 4.79 Å². The van der Waals surface area contributed by atoms with Gasteiger partial charge in [-0.25, -0.2) is 0 Å². The maximum atomic E-state index is 10.9. The highest BCUT2D eigenvalue weighted by Crippen LogP contribution is 2.36. The molecule has 0 fully saturated rings. The number of hydrogen-bond acceptors (Lipinski definition) is 3. The molecule has 4 heteroatoms. The molecule has 1 aliphatic rings. The number of aliphatic carboxylic acids is 1. The van der Waals surface area contributed by atoms with Gasteiger partial charge >= 0.3 is 5.97 Å². The van der Waals surface area contributed by atoms with E-state index < -0.39 is 11.9 Å². The summed E-state index contributed by atoms with van der Waals surface area (Å²) >= 11 is 0. The molecular weight excluding hydrogens is 208 g/mol. The van der Waals surface area contributed by atoms with Crippen molar-refractivity contribution in [1.82, 2.24) is 0 Å². The van der Waals surface area contributed by atoms with Gasteiger partial charge in [-0.15, -0.1) is 0 Å². The molecule has 0 spiro atoms. The van der Waals surface area contributed by atoms with Crippen molar-refractivity contribution < 1.29 is 19.4 Å². The Hall–Kier alpha value is -1.71. The molecule has 4 nitrogen and oxygen atoms in total. The Morgan fingerprint density at radius 2 is 2.00 bits per heavy atom. The zero-order chi connectivity index (χ0) is 11.7. The van der Waals surface area contributed by atoms with Crippen molar-refractivity contribution in [3.05, 3.63) is 23.8 Å². The maximum absolute atomic E-state index is 10.9. The molecule has 0 saturated heterocycles. The molecule has 0 unspecified atom stereocenters. The predicted octanol–water partition coefficient (Wildman–Crippen LogP) is 2.24. The number of hydrogen-bond donors (Lipinski definition) is 1. The van der Waals surface area contributed by atoms with E-state index in [0.717, 1.165) is 11.3 Å². The van der Waals surface area contributed by atoms with Crippen LogP contribution in [0.15, 0.2) is 18.2 Å². The van der Waals surface area contributed by atoms with Gasteiger partial charge in [0.05, 0.1) is 5.92 Å². The first-order valence-electron chi connectivity index (χ1n) is 5.22. The van der Waals surface area contributed by atoms with Gasteiger partial charge in [0.1, 0.15) is 0 Å². The van der Waals surface area contributed by atoms with Gasteiger partial charge in [0, 0.05) is 0 Å². The number of fused-ring (bicyclic) bond motifs is 1. The Bertz CT molecular complexity index is 413. The van der Waals surface area contributed by atoms with Crippen LogP contribution in [-0.2, 0) is 4.79 Å². The second-order valence-electron chi connectivity index (χ2n) is 4.03. The fourth-order valence-electron chi connectivity index (χ4n) is 1.70. The third kappa shape index (κ3) is 1.83. The summed E-state index contributed by atoms with van der Waals surface area (Å²) in [4.78, 5) is 10.9. The average molecular weight is 222 g/mol. The molecule has 1 heterocycles. The van der Waals surface area contributed by atoms with Crippen LogP contribution in [0.2, 0.25) is 0 Å². The molecule has 2 rings (SSSR count). The summed E-state index contributed by atoms with van der Waals surface area (Å²) < 4.78 is 10.5. The molecule has 86 valence electrons. The first-order chi connectivity index (χ1) is 7.59. The van der Waals surface area contributed by atoms with E-state index in [1.54, 1.807) is 6.92 Å². The lowest BCUT2D eigenvalue weighted by atomic mass is 9.89. The van der Waals surface area contributed by atoms with Gasteiger partial charge in [-0.05, 0) is 23.6 Å². The van der Waals surface area contributed by atoms with Crippen LogP contribution in [0.3, 0.4) is 0 Å². The van der Waals surface area contributed by atoms with Gasteiger partial charge < -0.3 is 14.6 Å². The van der Waals surface area contributed by atoms with Crippen molar-refractivity contribution in [2.75, 3.05) is 6.79 Å². The van der Waals surface area contributed by atoms with Gasteiger partial charge in [0.15, 0.2) is 11.5 Å². The standard InChI is InChI=1S/C12H14O4/c1-7(8(2)12(13)14)9-3-4-10-11(5-9)16-6-15-10/h3-5,7-8H,6H2,1-2H3,(H,13,14)/t7-,8-/m1/s1. The molecule has 0 saturated carbocycles. The summed E-state index contributed by atoms with van der Waals surface area (Å²) in [5.74, 6) is 0.165. The minimum Gasteiger partial charge on any atom is -0.481 e. The zero-order valence-electron chi connectivity index (χ0n) is 9.27. The first-order valence-corrected chi connectivity index (χ1v) is 5.22. The SMILES string of the molecule is C[C@@H](C(=O)O)[C@@H](C)c1ccc2c(c1)OCO2. The zero-order valence-corrected chi connectivity index (χ0v) is 9.27. The summed E-state index contributed by atoms with van der Waals surface area (Å²) in [6.07, 6.45) is 0. The second-order valence-corrected chi connectivity index (χ2v) is 4.03. The Kier molecular flexibility index (Phi) is 2.73. The third-order valence-electron chi connectivity index (χ3n) is 3.06. The topological polar surface area (TPSA) is 55.8 Å². The fraction of sp³-hybridized carbons (Fsp3) is 0.417. The number of rotatable bonds is 3. The van der Waals surface area contributed by atoms with Gasteiger partial charge in [-0.1, -0.05) is 19.9 Å². The maximum Gasteiger partial charge on any atom is 0.306 e. The molecule has 1 aromatic carbocycles. The van der Waals surface area contributed by atoms with Gasteiger partial charge in [0.25, 0.3) is 0 Å². The third-order valence-corrected chi connectivity index (χ3v) is 3.06. The van der Waals surface area contributed by atoms with Crippen molar-refractivity contribution >= 4 is 5.97 Å². The van der Waals surface area contributed by atoms with Crippen molar-refractivity contribution in [3.8, 4) is 11.5 Å². The molecule has 1 aromatic rings. The van der Waals surface area contributed by atoms with Crippen LogP contribution >= 0.6 is 0 Å². The van der Waals surface area contributed by atoms with Crippen LogP contribution in [0.1, 0.15) is 25.3 Å². The quantitative estimate of drug-likeness (QED) is 0.852. The first kappa shape index (κ1) is 10.8. The Morgan fingerprint density at radius 1 is 1.31 bits per heavy atom. The number of carboxylic acid groups (broad SMARTS) is 1. The van der Waals surface area contributed by atoms with Crippen LogP contribution in [-0.4, -0.2) is 17.9 Å². The van der Waals surface area contributed by atoms with Crippen LogP contribution < -0.4 is 9.47 Å². The van der Waals surface area contributed by atoms with E-state index in [4.69, 9.17) is 14.6 Å². The molecule has 1 aliphatic heterocycles. The monoisotopic (exact) mass is 222 g/mol. The second kappa shape index (κ2) is 4.04. The molecule has 1 N–H and O–H groups in total. The lowest BCUT2D eigenvalue weighted by molar-refractivity contribution is -0.141. The molecule has 0 bridgehead atoms. The van der Waals surface area contributed by atoms with Crippen LogP contribution in [0.4, 0.5) is 0 Å². The van der Waals surface area contributed by atoms with Crippen LogP contribution in [0, 0.1) is 5.92 Å². The van der Waals surface area contributed by atoms with Gasteiger partial charge in [0.2, 0.25) is 6.79 Å². The fourth-order valence-corrected chi connectivity index (χ4v) is 1.70. The molecule has 0 radical (unpaired) electrons. The van der Waals surface area contributed by atoms with E-state index in [1.807, 2.05) is 25.1 Å². The number of carboxylic acids is 1. The minimum atomic E-state index is -0.787. The van der Waals surface area contributed by atoms with E-state index in [0.29, 0.717) is 5.75 Å². The molecule has 0 amide bonds. The number of benzene rings is 1. The highest BCUT2D eigenvalue weighted by Gasteiger charge is 2.23. The van der Waals surface area contributed by atoms with Crippen molar-refractivity contribution in [2.24, 2.45) is 5.92 Å². The lowest BCUT2D eigenvalue weighted by Gasteiger charge is -2.16. The molecule has 0 aliphatic carbocycles. The number of carbonyl (C=O) groups is 1. The Morgan fingerprint density at radius 3 is 2.69 bits per heavy atom. The lowest BCUT2D eigenvalue weighted by Crippen LogP contribution is -2.16. The number of ether oxygens (including phenoxy) is 2. The largest absolute Gasteiger partial charge is 0.481 e. The highest BCUT2D eigenvalue weighted by atomic mass is 16.7. The highest BCUT2D eigenvalue weighted by molar-refractivity contribution is 5.71. The van der Waals surface area contributed by atoms with E-state index in [1.165, 1.54) is 0 Å². The smallest absolute Gasteiger partial charge is 0.306 e. The van der Waals surface area contributed by atoms with E-state index in [9.17, 15) is 4.79 Å². The van der Waals surface area contributed by atoms with Crippen molar-refractivity contribution in [1.29, 1.82) is 0 Å². The van der Waals surface area contributed by atoms with Crippen LogP contribution in [0.5, 0.6) is 11.5 Å². The minimum absolute atomic E-state index is 0.0491. The van der Waals surface area contributed by atoms with E-state index in [2.05, 4.69) is 0 Å². The molecule has 2 atom stereocenters. The van der Waals surface area contributed by atoms with Crippen molar-refractivity contribution in [2.45, 2.75) is 19.8 Å². The average Bonchev–Trinajstić information content (AvgIpc) is 2.73. The molecule has 16 heavy (non-hydrogen) atoms. The van der Waals surface area contributed by atoms with Crippen LogP contribution in [0.25, 0.3) is 0 Å². The van der Waals surface area contributed by atoms with Gasteiger partial charge in [-0.2, -0.15) is 0 Å². The summed E-state index contributed by atoms with van der Waals surface area (Å²) in [7, 11) is 0.